The molecule has 0 fully saturated rings. The Morgan fingerprint density at radius 1 is 0.943 bits per heavy atom. The molecule has 0 aliphatic carbocycles. The zero-order valence-corrected chi connectivity index (χ0v) is 21.9. The molecule has 0 saturated heterocycles. The molecule has 35 heavy (non-hydrogen) atoms. The molecule has 0 aliphatic rings. The monoisotopic (exact) mass is 508 g/mol. The average Bonchev–Trinajstić information content (AvgIpc) is 2.87. The molecule has 184 valence electrons. The summed E-state index contributed by atoms with van der Waals surface area (Å²) < 4.78 is 0. The van der Waals surface area contributed by atoms with Crippen LogP contribution in [-0.4, -0.2) is 34.6 Å². The topological polar surface area (TPSA) is 49.4 Å². The lowest BCUT2D eigenvalue weighted by molar-refractivity contribution is -0.141. The summed E-state index contributed by atoms with van der Waals surface area (Å²) in [5.74, 6) is 0.461. The van der Waals surface area contributed by atoms with Crippen LogP contribution < -0.4 is 5.32 Å². The molecule has 0 heterocycles. The molecular weight excluding hydrogens is 476 g/mol. The summed E-state index contributed by atoms with van der Waals surface area (Å²) in [5.41, 5.74) is 1.91. The van der Waals surface area contributed by atoms with Gasteiger partial charge in [0.05, 0.1) is 0 Å². The molecule has 0 unspecified atom stereocenters. The molecule has 3 aromatic rings. The summed E-state index contributed by atoms with van der Waals surface area (Å²) in [7, 11) is 0. The van der Waals surface area contributed by atoms with E-state index in [4.69, 9.17) is 11.6 Å². The minimum atomic E-state index is -0.625. The number of nitrogens with one attached hydrogen (secondary N) is 1. The molecule has 2 atom stereocenters. The Bertz CT molecular complexity index is 1080. The van der Waals surface area contributed by atoms with Crippen molar-refractivity contribution >= 4 is 35.2 Å². The average molecular weight is 509 g/mol. The van der Waals surface area contributed by atoms with Crippen molar-refractivity contribution in [2.45, 2.75) is 56.6 Å². The van der Waals surface area contributed by atoms with Gasteiger partial charge in [-0.1, -0.05) is 79.2 Å². The number of rotatable bonds is 12. The summed E-state index contributed by atoms with van der Waals surface area (Å²) in [6.07, 6.45) is 1.60. The number of benzene rings is 3. The second-order valence-electron chi connectivity index (χ2n) is 8.59. The van der Waals surface area contributed by atoms with Crippen LogP contribution in [0.15, 0.2) is 89.8 Å². The highest BCUT2D eigenvalue weighted by Crippen LogP contribution is 2.21. The van der Waals surface area contributed by atoms with Gasteiger partial charge in [-0.15, -0.1) is 11.8 Å². The molecular formula is C29H33ClN2O2S. The van der Waals surface area contributed by atoms with Crippen molar-refractivity contribution < 1.29 is 9.59 Å². The van der Waals surface area contributed by atoms with Gasteiger partial charge in [-0.25, -0.2) is 0 Å². The van der Waals surface area contributed by atoms with Crippen LogP contribution in [0.3, 0.4) is 0 Å². The van der Waals surface area contributed by atoms with Crippen molar-refractivity contribution in [2.24, 2.45) is 0 Å². The van der Waals surface area contributed by atoms with E-state index in [0.717, 1.165) is 22.4 Å². The lowest BCUT2D eigenvalue weighted by Gasteiger charge is -2.32. The highest BCUT2D eigenvalue weighted by molar-refractivity contribution is 7.99. The highest BCUT2D eigenvalue weighted by atomic mass is 35.5. The molecule has 3 rings (SSSR count). The summed E-state index contributed by atoms with van der Waals surface area (Å²) in [5, 5.41) is 3.71. The zero-order valence-electron chi connectivity index (χ0n) is 20.3. The first-order valence-corrected chi connectivity index (χ1v) is 13.4. The van der Waals surface area contributed by atoms with Crippen LogP contribution in [0.1, 0.15) is 37.8 Å². The second kappa shape index (κ2) is 14.0. The molecule has 0 radical (unpaired) electrons. The minimum absolute atomic E-state index is 0.0255. The van der Waals surface area contributed by atoms with Gasteiger partial charge in [0.15, 0.2) is 0 Å². The standard InChI is InChI=1S/C29H33ClN2O2S/c1-3-22(2)31-29(34)27(20-23-11-6-4-7-12-23)32(21-24-13-10-14-25(30)19-24)28(33)17-18-35-26-15-8-5-9-16-26/h4-16,19,22,27H,3,17-18,20-21H2,1-2H3,(H,31,34)/t22-,27+/m0/s1. The first kappa shape index (κ1) is 26.8. The van der Waals surface area contributed by atoms with Crippen LogP contribution in [0.4, 0.5) is 0 Å². The number of carbonyl (C=O) groups excluding carboxylic acids is 2. The van der Waals surface area contributed by atoms with Crippen molar-refractivity contribution in [1.82, 2.24) is 10.2 Å². The third kappa shape index (κ3) is 8.75. The summed E-state index contributed by atoms with van der Waals surface area (Å²) in [4.78, 5) is 29.9. The highest BCUT2D eigenvalue weighted by Gasteiger charge is 2.30. The van der Waals surface area contributed by atoms with Crippen LogP contribution >= 0.6 is 23.4 Å². The molecule has 6 heteroatoms. The number of amides is 2. The normalized spacial score (nSPS) is 12.5. The van der Waals surface area contributed by atoms with E-state index in [2.05, 4.69) is 5.32 Å². The number of hydrogen-bond acceptors (Lipinski definition) is 3. The number of hydrogen-bond donors (Lipinski definition) is 1. The van der Waals surface area contributed by atoms with E-state index in [1.54, 1.807) is 16.7 Å². The van der Waals surface area contributed by atoms with Crippen molar-refractivity contribution in [2.75, 3.05) is 5.75 Å². The van der Waals surface area contributed by atoms with E-state index in [9.17, 15) is 9.59 Å². The lowest BCUT2D eigenvalue weighted by atomic mass is 10.0. The zero-order chi connectivity index (χ0) is 25.0. The summed E-state index contributed by atoms with van der Waals surface area (Å²) in [6, 6.07) is 26.8. The fourth-order valence-electron chi connectivity index (χ4n) is 3.74. The molecule has 3 aromatic carbocycles. The van der Waals surface area contributed by atoms with Gasteiger partial charge in [0.2, 0.25) is 11.8 Å². The number of thioether (sulfide) groups is 1. The van der Waals surface area contributed by atoms with Crippen LogP contribution in [0, 0.1) is 0 Å². The summed E-state index contributed by atoms with van der Waals surface area (Å²) in [6.45, 7) is 4.34. The fraction of sp³-hybridized carbons (Fsp3) is 0.310. The van der Waals surface area contributed by atoms with Crippen LogP contribution in [0.2, 0.25) is 5.02 Å². The fourth-order valence-corrected chi connectivity index (χ4v) is 4.82. The maximum Gasteiger partial charge on any atom is 0.243 e. The van der Waals surface area contributed by atoms with Gasteiger partial charge in [-0.3, -0.25) is 9.59 Å². The molecule has 2 amide bonds. The number of nitrogens with zero attached hydrogens (tertiary/aromatic N) is 1. The van der Waals surface area contributed by atoms with Gasteiger partial charge in [0.25, 0.3) is 0 Å². The smallest absolute Gasteiger partial charge is 0.243 e. The third-order valence-corrected chi connectivity index (χ3v) is 7.09. The lowest BCUT2D eigenvalue weighted by Crippen LogP contribution is -2.52. The van der Waals surface area contributed by atoms with Gasteiger partial charge < -0.3 is 10.2 Å². The van der Waals surface area contributed by atoms with Crippen molar-refractivity contribution in [3.63, 3.8) is 0 Å². The van der Waals surface area contributed by atoms with E-state index in [1.807, 2.05) is 98.8 Å². The molecule has 0 aliphatic heterocycles. The molecule has 0 aromatic heterocycles. The number of carbonyl (C=O) groups is 2. The first-order valence-electron chi connectivity index (χ1n) is 12.0. The van der Waals surface area contributed by atoms with E-state index in [-0.39, 0.29) is 17.9 Å². The van der Waals surface area contributed by atoms with E-state index in [0.29, 0.717) is 30.2 Å². The van der Waals surface area contributed by atoms with Crippen LogP contribution in [-0.2, 0) is 22.6 Å². The van der Waals surface area contributed by atoms with Crippen molar-refractivity contribution in [3.8, 4) is 0 Å². The van der Waals surface area contributed by atoms with Crippen molar-refractivity contribution in [1.29, 1.82) is 0 Å². The van der Waals surface area contributed by atoms with E-state index < -0.39 is 6.04 Å². The molecule has 0 saturated carbocycles. The van der Waals surface area contributed by atoms with Gasteiger partial charge in [-0.2, -0.15) is 0 Å². The van der Waals surface area contributed by atoms with E-state index in [1.165, 1.54) is 0 Å². The van der Waals surface area contributed by atoms with Crippen LogP contribution in [0.5, 0.6) is 0 Å². The Morgan fingerprint density at radius 3 is 2.26 bits per heavy atom. The molecule has 0 spiro atoms. The van der Waals surface area contributed by atoms with E-state index >= 15 is 0 Å². The Labute approximate surface area is 218 Å². The SMILES string of the molecule is CC[C@H](C)NC(=O)[C@@H](Cc1ccccc1)N(Cc1cccc(Cl)c1)C(=O)CCSc1ccccc1. The Balaban J connectivity index is 1.86. The maximum atomic E-state index is 13.6. The van der Waals surface area contributed by atoms with Gasteiger partial charge >= 0.3 is 0 Å². The Kier molecular flexibility index (Phi) is 10.7. The third-order valence-electron chi connectivity index (χ3n) is 5.84. The maximum absolute atomic E-state index is 13.6. The molecule has 1 N–H and O–H groups in total. The largest absolute Gasteiger partial charge is 0.352 e. The number of halogens is 1. The van der Waals surface area contributed by atoms with Crippen LogP contribution in [0.25, 0.3) is 0 Å². The van der Waals surface area contributed by atoms with Gasteiger partial charge in [0.1, 0.15) is 6.04 Å². The molecule has 4 nitrogen and oxygen atoms in total. The Hall–Kier alpha value is -2.76. The predicted octanol–water partition coefficient (Wildman–Crippen LogP) is 6.38. The minimum Gasteiger partial charge on any atom is -0.352 e. The summed E-state index contributed by atoms with van der Waals surface area (Å²) >= 11 is 7.88. The molecule has 0 bridgehead atoms. The predicted molar refractivity (Wildman–Crippen MR) is 146 cm³/mol. The van der Waals surface area contributed by atoms with Gasteiger partial charge in [0, 0.05) is 41.1 Å². The first-order chi connectivity index (χ1) is 17.0. The quantitative estimate of drug-likeness (QED) is 0.289. The second-order valence-corrected chi connectivity index (χ2v) is 10.2. The van der Waals surface area contributed by atoms with Crippen molar-refractivity contribution in [3.05, 3.63) is 101 Å². The van der Waals surface area contributed by atoms with Gasteiger partial charge in [-0.05, 0) is 48.7 Å². The Morgan fingerprint density at radius 2 is 1.60 bits per heavy atom.